The van der Waals surface area contributed by atoms with Gasteiger partial charge in [-0.1, -0.05) is 0 Å². The zero-order valence-electron chi connectivity index (χ0n) is 12.5. The van der Waals surface area contributed by atoms with Gasteiger partial charge in [0.15, 0.2) is 0 Å². The number of carboxylic acids is 1. The van der Waals surface area contributed by atoms with E-state index in [0.717, 1.165) is 0 Å². The van der Waals surface area contributed by atoms with Crippen LogP contribution < -0.4 is 10.4 Å². The van der Waals surface area contributed by atoms with Crippen LogP contribution in [0.2, 0.25) is 0 Å². The maximum absolute atomic E-state index is 10.6. The van der Waals surface area contributed by atoms with Gasteiger partial charge in [0, 0.05) is 13.1 Å². The van der Waals surface area contributed by atoms with E-state index in [1.807, 2.05) is 0 Å². The highest BCUT2D eigenvalue weighted by molar-refractivity contribution is 7.69. The van der Waals surface area contributed by atoms with E-state index < -0.39 is 19.2 Å². The van der Waals surface area contributed by atoms with Gasteiger partial charge in [0.1, 0.15) is 6.54 Å². The zero-order chi connectivity index (χ0) is 16.6. The highest BCUT2D eigenvalue weighted by Gasteiger charge is 2.24. The van der Waals surface area contributed by atoms with Crippen LogP contribution in [0.5, 0.6) is 0 Å². The SMILES string of the molecule is CN(C)CCNC(=O)P(=O)(O)O.C[N+](C)(C)CC(=O)[O-]. The first-order valence-corrected chi connectivity index (χ1v) is 7.36. The third-order valence-electron chi connectivity index (χ3n) is 1.70. The number of aliphatic carboxylic acids is 1. The van der Waals surface area contributed by atoms with E-state index in [-0.39, 0.29) is 13.1 Å². The van der Waals surface area contributed by atoms with Gasteiger partial charge >= 0.3 is 13.2 Å². The van der Waals surface area contributed by atoms with Crippen LogP contribution >= 0.6 is 7.60 Å². The average Bonchev–Trinajstić information content (AvgIpc) is 2.11. The van der Waals surface area contributed by atoms with Crippen molar-refractivity contribution >= 4 is 19.2 Å². The molecule has 0 saturated heterocycles. The number of carboxylic acid groups (broad SMARTS) is 1. The number of nitrogens with zero attached hydrogens (tertiary/aromatic N) is 2. The molecule has 0 fully saturated rings. The van der Waals surface area contributed by atoms with E-state index >= 15 is 0 Å². The topological polar surface area (TPSA) is 130 Å². The van der Waals surface area contributed by atoms with Crippen LogP contribution in [-0.4, -0.2) is 85.7 Å². The molecule has 0 aromatic heterocycles. The molecule has 0 atom stereocenters. The second kappa shape index (κ2) is 9.04. The Morgan fingerprint density at radius 1 is 1.25 bits per heavy atom. The summed E-state index contributed by atoms with van der Waals surface area (Å²) >= 11 is 0. The molecule has 0 aliphatic carbocycles. The molecular weight excluding hydrogens is 289 g/mol. The first-order chi connectivity index (χ1) is 8.75. The minimum absolute atomic E-state index is 0.0694. The molecule has 0 aliphatic heterocycles. The highest BCUT2D eigenvalue weighted by Crippen LogP contribution is 2.34. The van der Waals surface area contributed by atoms with Gasteiger partial charge in [-0.15, -0.1) is 0 Å². The summed E-state index contributed by atoms with van der Waals surface area (Å²) in [5.41, 5.74) is -1.22. The first-order valence-electron chi connectivity index (χ1n) is 5.74. The zero-order valence-corrected chi connectivity index (χ0v) is 13.4. The predicted octanol–water partition coefficient (Wildman–Crippen LogP) is -2.12. The van der Waals surface area contributed by atoms with Crippen LogP contribution in [0.3, 0.4) is 0 Å². The summed E-state index contributed by atoms with van der Waals surface area (Å²) in [6, 6.07) is 0. The normalized spacial score (nSPS) is 11.6. The van der Waals surface area contributed by atoms with Crippen LogP contribution in [-0.2, 0) is 9.36 Å². The van der Waals surface area contributed by atoms with Gasteiger partial charge in [0.05, 0.1) is 27.1 Å². The molecule has 20 heavy (non-hydrogen) atoms. The molecule has 1 amide bonds. The number of nitrogens with one attached hydrogen (secondary N) is 1. The quantitative estimate of drug-likeness (QED) is 0.377. The van der Waals surface area contributed by atoms with Crippen LogP contribution in [0.15, 0.2) is 0 Å². The van der Waals surface area contributed by atoms with Crippen molar-refractivity contribution in [3.63, 3.8) is 0 Å². The van der Waals surface area contributed by atoms with E-state index in [2.05, 4.69) is 5.32 Å². The van der Waals surface area contributed by atoms with Crippen molar-refractivity contribution in [3.8, 4) is 0 Å². The van der Waals surface area contributed by atoms with Crippen molar-refractivity contribution in [2.75, 3.05) is 54.9 Å². The smallest absolute Gasteiger partial charge is 0.413 e. The Bertz CT molecular complexity index is 360. The second-order valence-corrected chi connectivity index (χ2v) is 6.89. The number of rotatable bonds is 6. The van der Waals surface area contributed by atoms with Crippen molar-refractivity contribution in [1.82, 2.24) is 10.2 Å². The summed E-state index contributed by atoms with van der Waals surface area (Å²) in [6.45, 7) is 0.850. The number of carbonyl (C=O) groups excluding carboxylic acids is 2. The lowest BCUT2D eigenvalue weighted by atomic mass is 10.5. The third-order valence-corrected chi connectivity index (χ3v) is 2.39. The second-order valence-electron chi connectivity index (χ2n) is 5.40. The third kappa shape index (κ3) is 17.0. The van der Waals surface area contributed by atoms with Crippen molar-refractivity contribution in [2.24, 2.45) is 0 Å². The molecule has 0 spiro atoms. The number of quaternary nitrogens is 1. The van der Waals surface area contributed by atoms with Crippen LogP contribution in [0, 0.1) is 0 Å². The Kier molecular flexibility index (Phi) is 9.63. The lowest BCUT2D eigenvalue weighted by Gasteiger charge is -2.23. The summed E-state index contributed by atoms with van der Waals surface area (Å²) < 4.78 is 10.7. The van der Waals surface area contributed by atoms with E-state index in [0.29, 0.717) is 11.0 Å². The lowest BCUT2D eigenvalue weighted by molar-refractivity contribution is -0.864. The van der Waals surface area contributed by atoms with Crippen molar-refractivity contribution < 1.29 is 33.5 Å². The van der Waals surface area contributed by atoms with E-state index in [1.54, 1.807) is 40.1 Å². The number of hydrogen-bond donors (Lipinski definition) is 3. The van der Waals surface area contributed by atoms with E-state index in [1.165, 1.54) is 0 Å². The summed E-state index contributed by atoms with van der Waals surface area (Å²) in [6.07, 6.45) is 0. The monoisotopic (exact) mass is 313 g/mol. The standard InChI is InChI=1S/C5H13N2O4P.C5H11NO2/c1-7(2)4-3-6-5(8)12(9,10)11;1-6(2,3)4-5(7)8/h3-4H2,1-2H3,(H,6,8)(H2,9,10,11);4H2,1-3H3. The van der Waals surface area contributed by atoms with Gasteiger partial charge in [0.2, 0.25) is 0 Å². The molecule has 0 bridgehead atoms. The molecule has 0 radical (unpaired) electrons. The Labute approximate surface area is 118 Å². The number of carbonyl (C=O) groups is 2. The summed E-state index contributed by atoms with van der Waals surface area (Å²) in [7, 11) is 4.41. The van der Waals surface area contributed by atoms with Crippen molar-refractivity contribution in [2.45, 2.75) is 0 Å². The van der Waals surface area contributed by atoms with Gasteiger partial charge in [-0.2, -0.15) is 0 Å². The minimum Gasteiger partial charge on any atom is -0.544 e. The Balaban J connectivity index is 0. The summed E-state index contributed by atoms with van der Waals surface area (Å²) in [5, 5.41) is 12.0. The molecule has 0 heterocycles. The van der Waals surface area contributed by atoms with Crippen LogP contribution in [0.1, 0.15) is 0 Å². The first kappa shape index (κ1) is 21.3. The average molecular weight is 313 g/mol. The van der Waals surface area contributed by atoms with Gasteiger partial charge in [-0.05, 0) is 14.1 Å². The maximum atomic E-state index is 10.6. The molecular formula is C10H24N3O6P. The fourth-order valence-electron chi connectivity index (χ4n) is 0.877. The summed E-state index contributed by atoms with van der Waals surface area (Å²) in [4.78, 5) is 38.9. The Morgan fingerprint density at radius 3 is 1.90 bits per heavy atom. The largest absolute Gasteiger partial charge is 0.544 e. The van der Waals surface area contributed by atoms with Gasteiger partial charge in [-0.3, -0.25) is 4.79 Å². The molecule has 0 aromatic rings. The maximum Gasteiger partial charge on any atom is 0.413 e. The summed E-state index contributed by atoms with van der Waals surface area (Å²) in [5.74, 6) is -1.00. The molecule has 9 nitrogen and oxygen atoms in total. The number of likely N-dealkylation sites (N-methyl/N-ethyl adjacent to an activating group) is 2. The Morgan fingerprint density at radius 2 is 1.70 bits per heavy atom. The highest BCUT2D eigenvalue weighted by atomic mass is 31.2. The lowest BCUT2D eigenvalue weighted by Crippen LogP contribution is -2.45. The molecule has 0 unspecified atom stereocenters. The number of amides is 1. The molecule has 3 N–H and O–H groups in total. The minimum atomic E-state index is -4.59. The molecule has 0 aliphatic rings. The molecule has 10 heteroatoms. The van der Waals surface area contributed by atoms with Crippen LogP contribution in [0.25, 0.3) is 0 Å². The number of hydrogen-bond acceptors (Lipinski definition) is 5. The van der Waals surface area contributed by atoms with Crippen molar-refractivity contribution in [1.29, 1.82) is 0 Å². The van der Waals surface area contributed by atoms with Gasteiger partial charge in [0.25, 0.3) is 0 Å². The van der Waals surface area contributed by atoms with Crippen LogP contribution in [0.4, 0.5) is 4.79 Å². The molecule has 0 rings (SSSR count). The van der Waals surface area contributed by atoms with Gasteiger partial charge < -0.3 is 34.4 Å². The van der Waals surface area contributed by atoms with E-state index in [4.69, 9.17) is 9.79 Å². The van der Waals surface area contributed by atoms with Gasteiger partial charge in [-0.25, -0.2) is 4.57 Å². The molecule has 0 saturated carbocycles. The van der Waals surface area contributed by atoms with E-state index in [9.17, 15) is 19.3 Å². The predicted molar refractivity (Wildman–Crippen MR) is 71.9 cm³/mol. The molecule has 0 aromatic carbocycles. The Hall–Kier alpha value is -0.990. The fourth-order valence-corrected chi connectivity index (χ4v) is 1.19. The van der Waals surface area contributed by atoms with Crippen molar-refractivity contribution in [3.05, 3.63) is 0 Å². The fraction of sp³-hybridized carbons (Fsp3) is 0.800. The molecule has 120 valence electrons.